The molecule has 4 heterocycles. The second-order valence-corrected chi connectivity index (χ2v) is 11.3. The van der Waals surface area contributed by atoms with E-state index in [1.165, 1.54) is 17.8 Å². The monoisotopic (exact) mass is 549 g/mol. The lowest BCUT2D eigenvalue weighted by Gasteiger charge is -2.40. The zero-order valence-electron chi connectivity index (χ0n) is 23.5. The number of hydrogen-bond acceptors (Lipinski definition) is 7. The van der Waals surface area contributed by atoms with Crippen molar-refractivity contribution in [1.29, 1.82) is 0 Å². The van der Waals surface area contributed by atoms with Crippen LogP contribution < -0.4 is 20.3 Å². The Labute approximate surface area is 229 Å². The Hall–Kier alpha value is -2.20. The van der Waals surface area contributed by atoms with Gasteiger partial charge in [0.15, 0.2) is 11.5 Å². The first-order valence-corrected chi connectivity index (χ1v) is 14.2. The van der Waals surface area contributed by atoms with Crippen molar-refractivity contribution in [1.82, 2.24) is 15.2 Å². The predicted molar refractivity (Wildman–Crippen MR) is 144 cm³/mol. The largest absolute Gasteiger partial charge is 0.448 e. The Balaban J connectivity index is 1.34. The molecule has 3 aliphatic heterocycles. The molecule has 1 aromatic heterocycles. The van der Waals surface area contributed by atoms with E-state index in [9.17, 15) is 9.59 Å². The van der Waals surface area contributed by atoms with Gasteiger partial charge in [-0.2, -0.15) is 0 Å². The number of ether oxygens (including phenoxy) is 3. The highest BCUT2D eigenvalue weighted by atomic mass is 35.5. The molecular formula is C27H34ClN3O5S. The van der Waals surface area contributed by atoms with E-state index in [0.29, 0.717) is 33.8 Å². The summed E-state index contributed by atoms with van der Waals surface area (Å²) in [4.78, 5) is 31.5. The Morgan fingerprint density at radius 1 is 1.27 bits per heavy atom. The van der Waals surface area contributed by atoms with Crippen molar-refractivity contribution in [2.75, 3.05) is 32.5 Å². The molecule has 200 valence electrons. The van der Waals surface area contributed by atoms with Gasteiger partial charge in [0.05, 0.1) is 13.9 Å². The molecule has 0 radical (unpaired) electrons. The second kappa shape index (κ2) is 10.5. The van der Waals surface area contributed by atoms with E-state index in [4.69, 9.17) is 28.6 Å². The number of carbonyl (C=O) groups excluding carboxylic acids is 1. The van der Waals surface area contributed by atoms with E-state index in [-0.39, 0.29) is 22.1 Å². The minimum atomic E-state index is -2.43. The summed E-state index contributed by atoms with van der Waals surface area (Å²) in [5.74, 6) is -0.733. The van der Waals surface area contributed by atoms with Crippen LogP contribution in [0.1, 0.15) is 56.1 Å². The average Bonchev–Trinajstić information content (AvgIpc) is 3.22. The summed E-state index contributed by atoms with van der Waals surface area (Å²) < 4.78 is 35.4. The number of aryl methyl sites for hydroxylation is 1. The van der Waals surface area contributed by atoms with Gasteiger partial charge in [0.1, 0.15) is 0 Å². The highest BCUT2D eigenvalue weighted by Gasteiger charge is 2.47. The molecule has 2 fully saturated rings. The van der Waals surface area contributed by atoms with Crippen molar-refractivity contribution in [2.45, 2.75) is 63.3 Å². The lowest BCUT2D eigenvalue weighted by Crippen LogP contribution is -2.50. The van der Waals surface area contributed by atoms with Crippen LogP contribution in [0.5, 0.6) is 11.5 Å². The third-order valence-electron chi connectivity index (χ3n) is 7.53. The van der Waals surface area contributed by atoms with Gasteiger partial charge >= 0.3 is 0 Å². The summed E-state index contributed by atoms with van der Waals surface area (Å²) >= 11 is 7.82. The molecule has 2 atom stereocenters. The Bertz CT molecular complexity index is 1340. The number of carbonyl (C=O) groups is 1. The van der Waals surface area contributed by atoms with Gasteiger partial charge in [0, 0.05) is 59.8 Å². The number of fused-ring (bicyclic) bond motifs is 1. The number of nitrogens with zero attached hydrogens (tertiary/aromatic N) is 1. The van der Waals surface area contributed by atoms with Crippen molar-refractivity contribution in [3.8, 4) is 11.5 Å². The maximum atomic E-state index is 13.4. The van der Waals surface area contributed by atoms with Gasteiger partial charge in [-0.15, -0.1) is 11.8 Å². The van der Waals surface area contributed by atoms with Gasteiger partial charge < -0.3 is 29.4 Å². The number of thioether (sulfide) groups is 1. The van der Waals surface area contributed by atoms with Crippen LogP contribution >= 0.6 is 23.4 Å². The molecule has 1 amide bonds. The zero-order valence-corrected chi connectivity index (χ0v) is 23.1. The summed E-state index contributed by atoms with van der Waals surface area (Å²) in [6.07, 6.45) is 5.00. The SMILES string of the molecule is [2H]C([2H])(NC(=O)c1cc(Cl)c2c(c1C)O[C@](C)(C1CCN(C[C@@H]3CCO3)CC1)O2)c1c(SC)cc(C)[nH]c1=O. The number of likely N-dealkylation sites (tertiary alicyclic amines) is 1. The molecule has 0 bridgehead atoms. The maximum Gasteiger partial charge on any atom is 0.254 e. The molecule has 10 heteroatoms. The molecular weight excluding hydrogens is 514 g/mol. The van der Waals surface area contributed by atoms with Crippen molar-refractivity contribution in [3.05, 3.63) is 49.9 Å². The fraction of sp³-hybridized carbons (Fsp3) is 0.556. The van der Waals surface area contributed by atoms with Crippen molar-refractivity contribution in [3.63, 3.8) is 0 Å². The number of rotatable bonds is 7. The lowest BCUT2D eigenvalue weighted by atomic mass is 9.89. The Morgan fingerprint density at radius 3 is 2.62 bits per heavy atom. The van der Waals surface area contributed by atoms with Crippen molar-refractivity contribution in [2.24, 2.45) is 5.92 Å². The van der Waals surface area contributed by atoms with Gasteiger partial charge in [-0.05, 0) is 64.6 Å². The third-order valence-corrected chi connectivity index (χ3v) is 8.57. The van der Waals surface area contributed by atoms with E-state index in [1.54, 1.807) is 26.2 Å². The average molecular weight is 550 g/mol. The first kappa shape index (κ1) is 23.9. The fourth-order valence-electron chi connectivity index (χ4n) is 5.23. The summed E-state index contributed by atoms with van der Waals surface area (Å²) in [6, 6.07) is 3.15. The molecule has 5 rings (SSSR count). The quantitative estimate of drug-likeness (QED) is 0.498. The van der Waals surface area contributed by atoms with E-state index in [2.05, 4.69) is 15.2 Å². The van der Waals surface area contributed by atoms with E-state index < -0.39 is 23.8 Å². The number of benzene rings is 1. The van der Waals surface area contributed by atoms with Gasteiger partial charge in [-0.1, -0.05) is 11.6 Å². The highest BCUT2D eigenvalue weighted by Crippen LogP contribution is 2.51. The van der Waals surface area contributed by atoms with E-state index in [1.807, 2.05) is 6.92 Å². The molecule has 37 heavy (non-hydrogen) atoms. The summed E-state index contributed by atoms with van der Waals surface area (Å²) in [6.45, 7) is 6.58. The molecule has 8 nitrogen and oxygen atoms in total. The fourth-order valence-corrected chi connectivity index (χ4v) is 6.10. The van der Waals surface area contributed by atoms with Gasteiger partial charge in [-0.25, -0.2) is 0 Å². The van der Waals surface area contributed by atoms with Crippen LogP contribution in [-0.4, -0.2) is 60.2 Å². The molecule has 0 spiro atoms. The van der Waals surface area contributed by atoms with Crippen LogP contribution in [0.15, 0.2) is 21.8 Å². The van der Waals surface area contributed by atoms with Crippen LogP contribution in [0.4, 0.5) is 0 Å². The normalized spacial score (nSPS) is 24.8. The third kappa shape index (κ3) is 5.24. The number of hydrogen-bond donors (Lipinski definition) is 2. The van der Waals surface area contributed by atoms with Gasteiger partial charge in [-0.3, -0.25) is 9.59 Å². The maximum absolute atomic E-state index is 13.4. The number of piperidine rings is 1. The van der Waals surface area contributed by atoms with Crippen molar-refractivity contribution < 1.29 is 21.7 Å². The second-order valence-electron chi connectivity index (χ2n) is 10.1. The summed E-state index contributed by atoms with van der Waals surface area (Å²) in [5, 5.41) is 2.60. The number of halogens is 1. The highest BCUT2D eigenvalue weighted by molar-refractivity contribution is 7.98. The standard InChI is InChI=1S/C27H34ClN3O5S/c1-15-11-22(37-4)20(26(33)30-15)13-29-25(32)19-12-21(28)24-23(16(19)2)35-27(3,36-24)17-5-8-31(9-6-17)14-18-7-10-34-18/h11-12,17-18H,5-10,13-14H2,1-4H3,(H,29,32)(H,30,33)/t18-,27-/m0/s1/i13D2. The number of nitrogens with one attached hydrogen (secondary N) is 2. The minimum Gasteiger partial charge on any atom is -0.448 e. The van der Waals surface area contributed by atoms with E-state index in [0.717, 1.165) is 45.5 Å². The molecule has 2 saturated heterocycles. The Kier molecular flexibility index (Phi) is 6.79. The number of aromatic amines is 1. The smallest absolute Gasteiger partial charge is 0.254 e. The van der Waals surface area contributed by atoms with Crippen LogP contribution in [0, 0.1) is 19.8 Å². The lowest BCUT2D eigenvalue weighted by molar-refractivity contribution is -0.129. The summed E-state index contributed by atoms with van der Waals surface area (Å²) in [7, 11) is 0. The van der Waals surface area contributed by atoms with Crippen LogP contribution in [0.25, 0.3) is 0 Å². The van der Waals surface area contributed by atoms with Gasteiger partial charge in [0.2, 0.25) is 0 Å². The van der Waals surface area contributed by atoms with Crippen molar-refractivity contribution >= 4 is 29.3 Å². The number of pyridine rings is 1. The number of aromatic nitrogens is 1. The predicted octanol–water partition coefficient (Wildman–Crippen LogP) is 4.29. The Morgan fingerprint density at radius 2 is 1.97 bits per heavy atom. The number of H-pyrrole nitrogens is 1. The summed E-state index contributed by atoms with van der Waals surface area (Å²) in [5.41, 5.74) is 0.511. The molecule has 2 N–H and O–H groups in total. The topological polar surface area (TPSA) is 92.9 Å². The minimum absolute atomic E-state index is 0.128. The van der Waals surface area contributed by atoms with E-state index >= 15 is 0 Å². The van der Waals surface area contributed by atoms with Crippen LogP contribution in [0.3, 0.4) is 0 Å². The number of amides is 1. The first-order valence-electron chi connectivity index (χ1n) is 13.6. The molecule has 2 aromatic rings. The van der Waals surface area contributed by atoms with Crippen LogP contribution in [-0.2, 0) is 11.2 Å². The first-order chi connectivity index (χ1) is 18.4. The molecule has 3 aliphatic rings. The molecule has 0 unspecified atom stereocenters. The molecule has 0 aliphatic carbocycles. The molecule has 0 saturated carbocycles. The molecule has 1 aromatic carbocycles. The van der Waals surface area contributed by atoms with Gasteiger partial charge in [0.25, 0.3) is 17.3 Å². The zero-order chi connectivity index (χ0) is 28.1. The van der Waals surface area contributed by atoms with Crippen LogP contribution in [0.2, 0.25) is 5.02 Å².